The van der Waals surface area contributed by atoms with Gasteiger partial charge in [0.2, 0.25) is 11.8 Å². The van der Waals surface area contributed by atoms with Gasteiger partial charge in [-0.15, -0.1) is 10.2 Å². The van der Waals surface area contributed by atoms with Gasteiger partial charge >= 0.3 is 0 Å². The Morgan fingerprint density at radius 2 is 2.04 bits per heavy atom. The summed E-state index contributed by atoms with van der Waals surface area (Å²) in [5.74, 6) is 1.20. The fourth-order valence-corrected chi connectivity index (χ4v) is 3.65. The van der Waals surface area contributed by atoms with Gasteiger partial charge in [0.15, 0.2) is 0 Å². The SMILES string of the molecule is Cc1ccc2c(c1)CCCN2Cc1nnc(-c2ccccc2Br)o1. The molecule has 0 spiro atoms. The van der Waals surface area contributed by atoms with Crippen LogP contribution < -0.4 is 4.90 Å². The number of anilines is 1. The number of aromatic nitrogens is 2. The number of nitrogens with zero attached hydrogens (tertiary/aromatic N) is 3. The summed E-state index contributed by atoms with van der Waals surface area (Å²) in [5, 5.41) is 8.45. The van der Waals surface area contributed by atoms with Gasteiger partial charge in [0.05, 0.1) is 12.1 Å². The summed E-state index contributed by atoms with van der Waals surface area (Å²) in [6, 6.07) is 14.5. The zero-order valence-electron chi connectivity index (χ0n) is 13.5. The first-order valence-corrected chi connectivity index (χ1v) is 8.92. The van der Waals surface area contributed by atoms with Crippen LogP contribution in [0, 0.1) is 6.92 Å². The molecule has 0 saturated carbocycles. The third kappa shape index (κ3) is 2.96. The standard InChI is InChI=1S/C19H18BrN3O/c1-13-8-9-17-14(11-13)5-4-10-23(17)12-18-21-22-19(24-18)15-6-2-3-7-16(15)20/h2-3,6-9,11H,4-5,10,12H2,1H3. The van der Waals surface area contributed by atoms with Crippen LogP contribution in [-0.2, 0) is 13.0 Å². The van der Waals surface area contributed by atoms with Crippen molar-refractivity contribution < 1.29 is 4.42 Å². The number of hydrogen-bond donors (Lipinski definition) is 0. The summed E-state index contributed by atoms with van der Waals surface area (Å²) in [5.41, 5.74) is 4.93. The Morgan fingerprint density at radius 1 is 1.17 bits per heavy atom. The molecular weight excluding hydrogens is 366 g/mol. The zero-order chi connectivity index (χ0) is 16.5. The van der Waals surface area contributed by atoms with Crippen LogP contribution in [0.15, 0.2) is 51.4 Å². The van der Waals surface area contributed by atoms with E-state index in [1.54, 1.807) is 0 Å². The summed E-state index contributed by atoms with van der Waals surface area (Å²) < 4.78 is 6.86. The van der Waals surface area contributed by atoms with Crippen LogP contribution in [-0.4, -0.2) is 16.7 Å². The number of fused-ring (bicyclic) bond motifs is 1. The maximum absolute atomic E-state index is 5.90. The van der Waals surface area contributed by atoms with Crippen molar-refractivity contribution in [3.8, 4) is 11.5 Å². The van der Waals surface area contributed by atoms with E-state index in [1.165, 1.54) is 16.8 Å². The van der Waals surface area contributed by atoms with Gasteiger partial charge in [-0.3, -0.25) is 0 Å². The molecule has 0 radical (unpaired) electrons. The highest BCUT2D eigenvalue weighted by Crippen LogP contribution is 2.30. The van der Waals surface area contributed by atoms with Crippen LogP contribution in [0.4, 0.5) is 5.69 Å². The van der Waals surface area contributed by atoms with Gasteiger partial charge in [-0.25, -0.2) is 0 Å². The molecule has 122 valence electrons. The van der Waals surface area contributed by atoms with Crippen molar-refractivity contribution in [2.75, 3.05) is 11.4 Å². The van der Waals surface area contributed by atoms with Gasteiger partial charge < -0.3 is 9.32 Å². The van der Waals surface area contributed by atoms with Crippen LogP contribution >= 0.6 is 15.9 Å². The van der Waals surface area contributed by atoms with Crippen LogP contribution in [0.3, 0.4) is 0 Å². The fraction of sp³-hybridized carbons (Fsp3) is 0.263. The largest absolute Gasteiger partial charge is 0.419 e. The molecule has 2 heterocycles. The normalized spacial score (nSPS) is 13.8. The smallest absolute Gasteiger partial charge is 0.248 e. The maximum Gasteiger partial charge on any atom is 0.248 e. The first-order valence-electron chi connectivity index (χ1n) is 8.12. The highest BCUT2D eigenvalue weighted by atomic mass is 79.9. The number of benzene rings is 2. The van der Waals surface area contributed by atoms with Crippen LogP contribution in [0.25, 0.3) is 11.5 Å². The molecule has 1 aliphatic rings. The molecule has 0 saturated heterocycles. The molecule has 1 aromatic heterocycles. The van der Waals surface area contributed by atoms with Crippen molar-refractivity contribution in [3.05, 3.63) is 64.0 Å². The first-order chi connectivity index (χ1) is 11.7. The van der Waals surface area contributed by atoms with Gasteiger partial charge in [-0.1, -0.05) is 29.8 Å². The quantitative estimate of drug-likeness (QED) is 0.653. The Morgan fingerprint density at radius 3 is 2.92 bits per heavy atom. The van der Waals surface area contributed by atoms with Gasteiger partial charge in [-0.2, -0.15) is 0 Å². The average Bonchev–Trinajstić information content (AvgIpc) is 3.03. The molecule has 0 bridgehead atoms. The number of rotatable bonds is 3. The predicted molar refractivity (Wildman–Crippen MR) is 98.0 cm³/mol. The Labute approximate surface area is 149 Å². The molecule has 4 rings (SSSR count). The van der Waals surface area contributed by atoms with Crippen molar-refractivity contribution in [1.82, 2.24) is 10.2 Å². The number of halogens is 1. The molecule has 0 N–H and O–H groups in total. The summed E-state index contributed by atoms with van der Waals surface area (Å²) >= 11 is 3.53. The molecule has 0 unspecified atom stereocenters. The maximum atomic E-state index is 5.90. The summed E-state index contributed by atoms with van der Waals surface area (Å²) in [7, 11) is 0. The van der Waals surface area contributed by atoms with E-state index < -0.39 is 0 Å². The van der Waals surface area contributed by atoms with Crippen molar-refractivity contribution in [1.29, 1.82) is 0 Å². The monoisotopic (exact) mass is 383 g/mol. The minimum atomic E-state index is 0.554. The average molecular weight is 384 g/mol. The minimum Gasteiger partial charge on any atom is -0.419 e. The molecular formula is C19H18BrN3O. The van der Waals surface area contributed by atoms with Crippen LogP contribution in [0.2, 0.25) is 0 Å². The van der Waals surface area contributed by atoms with Gasteiger partial charge in [0.25, 0.3) is 0 Å². The minimum absolute atomic E-state index is 0.554. The molecule has 0 fully saturated rings. The third-order valence-corrected chi connectivity index (χ3v) is 5.04. The van der Waals surface area contributed by atoms with Gasteiger partial charge in [0.1, 0.15) is 0 Å². The number of hydrogen-bond acceptors (Lipinski definition) is 4. The van der Waals surface area contributed by atoms with Crippen molar-refractivity contribution in [2.24, 2.45) is 0 Å². The summed E-state index contributed by atoms with van der Waals surface area (Å²) in [6.07, 6.45) is 2.29. The van der Waals surface area contributed by atoms with E-state index in [0.717, 1.165) is 29.4 Å². The third-order valence-electron chi connectivity index (χ3n) is 4.35. The Hall–Kier alpha value is -2.14. The van der Waals surface area contributed by atoms with Crippen molar-refractivity contribution in [2.45, 2.75) is 26.3 Å². The summed E-state index contributed by atoms with van der Waals surface area (Å²) in [4.78, 5) is 2.33. The van der Waals surface area contributed by atoms with E-state index in [-0.39, 0.29) is 0 Å². The molecule has 1 aliphatic heterocycles. The highest BCUT2D eigenvalue weighted by Gasteiger charge is 2.20. The predicted octanol–water partition coefficient (Wildman–Crippen LogP) is 4.76. The summed E-state index contributed by atoms with van der Waals surface area (Å²) in [6.45, 7) is 3.80. The molecule has 5 heteroatoms. The van der Waals surface area contributed by atoms with Gasteiger partial charge in [-0.05, 0) is 59.5 Å². The first kappa shape index (κ1) is 15.4. The lowest BCUT2D eigenvalue weighted by Gasteiger charge is -2.30. The van der Waals surface area contributed by atoms with Crippen molar-refractivity contribution in [3.63, 3.8) is 0 Å². The second kappa shape index (κ2) is 6.40. The second-order valence-electron chi connectivity index (χ2n) is 6.14. The Balaban J connectivity index is 1.59. The molecule has 3 aromatic rings. The topological polar surface area (TPSA) is 42.2 Å². The lowest BCUT2D eigenvalue weighted by molar-refractivity contribution is 0.493. The second-order valence-corrected chi connectivity index (χ2v) is 6.99. The van der Waals surface area contributed by atoms with Gasteiger partial charge in [0, 0.05) is 16.7 Å². The lowest BCUT2D eigenvalue weighted by Crippen LogP contribution is -2.29. The Bertz CT molecular complexity index is 875. The molecule has 2 aromatic carbocycles. The molecule has 4 nitrogen and oxygen atoms in total. The molecule has 0 amide bonds. The van der Waals surface area contributed by atoms with Crippen LogP contribution in [0.5, 0.6) is 0 Å². The highest BCUT2D eigenvalue weighted by molar-refractivity contribution is 9.10. The van der Waals surface area contributed by atoms with E-state index in [0.29, 0.717) is 18.3 Å². The van der Waals surface area contributed by atoms with E-state index >= 15 is 0 Å². The zero-order valence-corrected chi connectivity index (χ0v) is 15.1. The molecule has 24 heavy (non-hydrogen) atoms. The molecule has 0 aliphatic carbocycles. The van der Waals surface area contributed by atoms with Crippen molar-refractivity contribution >= 4 is 21.6 Å². The van der Waals surface area contributed by atoms with E-state index in [4.69, 9.17) is 4.42 Å². The number of aryl methyl sites for hydroxylation is 2. The lowest BCUT2D eigenvalue weighted by atomic mass is 10.00. The van der Waals surface area contributed by atoms with E-state index in [9.17, 15) is 0 Å². The van der Waals surface area contributed by atoms with E-state index in [1.807, 2.05) is 24.3 Å². The molecule has 0 atom stereocenters. The van der Waals surface area contributed by atoms with E-state index in [2.05, 4.69) is 56.2 Å². The van der Waals surface area contributed by atoms with Crippen LogP contribution in [0.1, 0.15) is 23.4 Å². The Kier molecular flexibility index (Phi) is 4.10. The fourth-order valence-electron chi connectivity index (χ4n) is 3.19.